The van der Waals surface area contributed by atoms with Crippen molar-refractivity contribution in [1.29, 1.82) is 0 Å². The third-order valence-electron chi connectivity index (χ3n) is 15.7. The van der Waals surface area contributed by atoms with E-state index in [0.29, 0.717) is 62.7 Å². The number of carbonyl (C=O) groups is 1. The Balaban J connectivity index is 1.40. The van der Waals surface area contributed by atoms with E-state index in [9.17, 15) is 4.79 Å². The highest BCUT2D eigenvalue weighted by Crippen LogP contribution is 2.61. The van der Waals surface area contributed by atoms with Gasteiger partial charge in [-0.25, -0.2) is 4.79 Å². The van der Waals surface area contributed by atoms with E-state index in [-0.39, 0.29) is 57.5 Å². The molecule has 0 N–H and O–H groups in total. The summed E-state index contributed by atoms with van der Waals surface area (Å²) in [5.41, 5.74) is 10.2. The average Bonchev–Trinajstić information content (AvgIpc) is 3.41. The molecule has 4 heterocycles. The maximum absolute atomic E-state index is 14.2. The highest BCUT2D eigenvalue weighted by molar-refractivity contribution is 9.11. The number of unbranched alkanes of at least 4 members (excludes halogenated alkanes) is 8. The summed E-state index contributed by atoms with van der Waals surface area (Å²) in [6, 6.07) is 17.2. The van der Waals surface area contributed by atoms with E-state index in [1.165, 1.54) is 0 Å². The Kier molecular flexibility index (Phi) is 17.0. The van der Waals surface area contributed by atoms with Crippen molar-refractivity contribution in [3.63, 3.8) is 0 Å². The minimum absolute atomic E-state index is 0.0388. The molecular weight excluding hydrogens is 1130 g/mol. The van der Waals surface area contributed by atoms with E-state index >= 15 is 0 Å². The van der Waals surface area contributed by atoms with Crippen LogP contribution in [0.5, 0.6) is 46.0 Å². The molecule has 0 saturated carbocycles. The fraction of sp³-hybridized carbons (Fsp3) is 0.492. The predicted octanol–water partition coefficient (Wildman–Crippen LogP) is 17.9. The van der Waals surface area contributed by atoms with Crippen molar-refractivity contribution in [2.24, 2.45) is 0 Å². The van der Waals surface area contributed by atoms with E-state index in [1.54, 1.807) is 0 Å². The molecule has 4 atom stereocenters. The Bertz CT molecular complexity index is 2730. The van der Waals surface area contributed by atoms with Crippen LogP contribution in [0.25, 0.3) is 11.1 Å². The number of ether oxygens (including phenoxy) is 9. The quantitative estimate of drug-likeness (QED) is 0.0587. The lowest BCUT2D eigenvalue weighted by molar-refractivity contribution is 0.0527. The standard InChI is InChI=1S/C61H69Br3O10/c1-6-11-15-21-35-41-27-42-36(22-16-12-7-2)44-29-46-38(24-18-14-9-4)48-30-47-37(23-17-13-8-3)45-28-43(35)55-50(62)57(45)71-33-73-59(47)52(64)60(48)74-34-72-58(46)51(63)56(44)70-32-68-54(42)49(53(41)67-31-69-55)39-25-19-20-26-40(39)61(65)66-10-5/h19-20,25-30,35-38H,6-18,21-24,31-34H2,1-5H3. The van der Waals surface area contributed by atoms with Crippen molar-refractivity contribution in [3.05, 3.63) is 112 Å². The summed E-state index contributed by atoms with van der Waals surface area (Å²) in [4.78, 5) is 14.2. The van der Waals surface area contributed by atoms with Gasteiger partial charge in [0.25, 0.3) is 0 Å². The number of rotatable bonds is 19. The van der Waals surface area contributed by atoms with Gasteiger partial charge in [0.05, 0.1) is 17.7 Å². The van der Waals surface area contributed by atoms with Gasteiger partial charge in [0.15, 0.2) is 0 Å². The largest absolute Gasteiger partial charge is 0.462 e. The molecule has 0 saturated heterocycles. The van der Waals surface area contributed by atoms with Gasteiger partial charge in [0.1, 0.15) is 59.4 Å². The van der Waals surface area contributed by atoms with Crippen molar-refractivity contribution >= 4 is 53.8 Å². The Hall–Kier alpha value is -4.59. The van der Waals surface area contributed by atoms with Crippen LogP contribution >= 0.6 is 47.8 Å². The second-order valence-corrected chi connectivity index (χ2v) is 22.6. The second kappa shape index (κ2) is 23.7. The monoisotopic (exact) mass is 1200 g/mol. The fourth-order valence-electron chi connectivity index (χ4n) is 12.1. The van der Waals surface area contributed by atoms with Crippen molar-refractivity contribution in [3.8, 4) is 57.1 Å². The molecule has 10 rings (SSSR count). The van der Waals surface area contributed by atoms with Crippen LogP contribution in [0.1, 0.15) is 216 Å². The lowest BCUT2D eigenvalue weighted by atomic mass is 9.75. The number of benzene rings is 5. The van der Waals surface area contributed by atoms with Gasteiger partial charge < -0.3 is 42.6 Å². The zero-order valence-corrected chi connectivity index (χ0v) is 48.3. The summed E-state index contributed by atoms with van der Waals surface area (Å²) in [5.74, 6) is 4.30. The highest BCUT2D eigenvalue weighted by Gasteiger charge is 2.41. The molecule has 5 aromatic carbocycles. The van der Waals surface area contributed by atoms with Crippen LogP contribution in [0, 0.1) is 0 Å². The first-order valence-corrected chi connectivity index (χ1v) is 29.7. The first kappa shape index (κ1) is 52.8. The molecule has 0 radical (unpaired) electrons. The lowest BCUT2D eigenvalue weighted by Gasteiger charge is -2.37. The molecule has 0 spiro atoms. The van der Waals surface area contributed by atoms with Crippen LogP contribution < -0.4 is 37.9 Å². The summed E-state index contributed by atoms with van der Waals surface area (Å²) in [6.45, 7) is 10.7. The van der Waals surface area contributed by atoms with Gasteiger partial charge in [-0.2, -0.15) is 0 Å². The summed E-state index contributed by atoms with van der Waals surface area (Å²) in [5, 5.41) is 0. The Labute approximate surface area is 462 Å². The molecular formula is C61H69Br3O10. The van der Waals surface area contributed by atoms with Gasteiger partial charge in [-0.05, 0) is 111 Å². The number of hydrogen-bond acceptors (Lipinski definition) is 10. The first-order valence-electron chi connectivity index (χ1n) is 27.3. The highest BCUT2D eigenvalue weighted by atomic mass is 79.9. The third-order valence-corrected chi connectivity index (χ3v) is 17.9. The van der Waals surface area contributed by atoms with Crippen LogP contribution in [0.4, 0.5) is 0 Å². The molecule has 10 nitrogen and oxygen atoms in total. The maximum atomic E-state index is 14.2. The van der Waals surface area contributed by atoms with Crippen molar-refractivity contribution in [1.82, 2.24) is 0 Å². The molecule has 1 aliphatic carbocycles. The fourth-order valence-corrected chi connectivity index (χ4v) is 14.2. The third kappa shape index (κ3) is 9.89. The molecule has 4 aliphatic heterocycles. The van der Waals surface area contributed by atoms with E-state index in [1.807, 2.05) is 31.2 Å². The molecule has 8 bridgehead atoms. The van der Waals surface area contributed by atoms with Gasteiger partial charge in [-0.1, -0.05) is 123 Å². The van der Waals surface area contributed by atoms with Gasteiger partial charge >= 0.3 is 5.97 Å². The Morgan fingerprint density at radius 3 is 1.01 bits per heavy atom. The topological polar surface area (TPSA) is 100 Å². The van der Waals surface area contributed by atoms with Crippen LogP contribution in [0.3, 0.4) is 0 Å². The number of hydrogen-bond donors (Lipinski definition) is 0. The van der Waals surface area contributed by atoms with Crippen molar-refractivity contribution in [2.75, 3.05) is 33.8 Å². The number of carbonyl (C=O) groups excluding carboxylic acids is 1. The molecule has 0 amide bonds. The first-order chi connectivity index (χ1) is 36.2. The molecule has 394 valence electrons. The molecule has 0 fully saturated rings. The van der Waals surface area contributed by atoms with Crippen LogP contribution in [-0.2, 0) is 4.74 Å². The van der Waals surface area contributed by atoms with Crippen LogP contribution in [0.15, 0.2) is 61.9 Å². The van der Waals surface area contributed by atoms with E-state index in [4.69, 9.17) is 42.6 Å². The van der Waals surface area contributed by atoms with Crippen LogP contribution in [-0.4, -0.2) is 39.7 Å². The molecule has 13 heteroatoms. The number of halogens is 3. The normalized spacial score (nSPS) is 18.5. The molecule has 5 aliphatic rings. The Morgan fingerprint density at radius 1 is 0.432 bits per heavy atom. The van der Waals surface area contributed by atoms with Gasteiger partial charge in [0, 0.05) is 73.7 Å². The van der Waals surface area contributed by atoms with Crippen molar-refractivity contribution < 1.29 is 47.4 Å². The summed E-state index contributed by atoms with van der Waals surface area (Å²) in [7, 11) is 0. The van der Waals surface area contributed by atoms with Crippen molar-refractivity contribution in [2.45, 2.75) is 161 Å². The predicted molar refractivity (Wildman–Crippen MR) is 299 cm³/mol. The molecule has 4 unspecified atom stereocenters. The SMILES string of the molecule is CCCCCC1c2cc3c4c(Br)c2OCOc2c1cc1c(c2Br)OCOc2c(cc5c(c2-c2ccccc2C(=O)OCC)OCOc2c(cc(c(c2Br)OCO4)C3CCCCC)C5CCCCC)C1CCCCC. The van der Waals surface area contributed by atoms with E-state index < -0.39 is 5.97 Å². The minimum atomic E-state index is -0.419. The second-order valence-electron chi connectivity index (χ2n) is 20.3. The smallest absolute Gasteiger partial charge is 0.338 e. The average molecular weight is 1200 g/mol. The zero-order valence-electron chi connectivity index (χ0n) is 43.5. The van der Waals surface area contributed by atoms with Gasteiger partial charge in [0.2, 0.25) is 27.2 Å². The summed E-state index contributed by atoms with van der Waals surface area (Å²) >= 11 is 12.4. The summed E-state index contributed by atoms with van der Waals surface area (Å²) in [6.07, 6.45) is 15.7. The van der Waals surface area contributed by atoms with E-state index in [2.05, 4.69) is 99.8 Å². The molecule has 0 aromatic heterocycles. The summed E-state index contributed by atoms with van der Waals surface area (Å²) < 4.78 is 63.1. The van der Waals surface area contributed by atoms with Gasteiger partial charge in [-0.15, -0.1) is 0 Å². The lowest BCUT2D eigenvalue weighted by Crippen LogP contribution is -2.24. The minimum Gasteiger partial charge on any atom is -0.462 e. The zero-order chi connectivity index (χ0) is 51.5. The molecule has 5 aromatic rings. The maximum Gasteiger partial charge on any atom is 0.338 e. The Morgan fingerprint density at radius 2 is 0.716 bits per heavy atom. The molecule has 74 heavy (non-hydrogen) atoms. The number of esters is 1. The van der Waals surface area contributed by atoms with Crippen LogP contribution in [0.2, 0.25) is 0 Å². The van der Waals surface area contributed by atoms with E-state index in [0.717, 1.165) is 161 Å². The van der Waals surface area contributed by atoms with Gasteiger partial charge in [-0.3, -0.25) is 0 Å².